The summed E-state index contributed by atoms with van der Waals surface area (Å²) in [5.74, 6) is 0.223. The van der Waals surface area contributed by atoms with Crippen LogP contribution in [0.1, 0.15) is 25.3 Å². The Labute approximate surface area is 202 Å². The van der Waals surface area contributed by atoms with Gasteiger partial charge in [-0.3, -0.25) is 14.2 Å². The second kappa shape index (κ2) is 10.7. The van der Waals surface area contributed by atoms with Gasteiger partial charge in [-0.25, -0.2) is 4.98 Å². The zero-order valence-electron chi connectivity index (χ0n) is 19.2. The number of thiophene rings is 1. The molecule has 174 valence electrons. The van der Waals surface area contributed by atoms with Crippen LogP contribution in [0.2, 0.25) is 0 Å². The van der Waals surface area contributed by atoms with Crippen LogP contribution in [0.4, 0.5) is 0 Å². The van der Waals surface area contributed by atoms with Gasteiger partial charge in [0, 0.05) is 30.6 Å². The highest BCUT2D eigenvalue weighted by Gasteiger charge is 2.22. The van der Waals surface area contributed by atoms with E-state index in [4.69, 9.17) is 4.98 Å². The van der Waals surface area contributed by atoms with Crippen molar-refractivity contribution in [2.75, 3.05) is 25.4 Å². The van der Waals surface area contributed by atoms with Gasteiger partial charge in [0.2, 0.25) is 5.91 Å². The van der Waals surface area contributed by atoms with E-state index in [-0.39, 0.29) is 23.3 Å². The smallest absolute Gasteiger partial charge is 0.263 e. The quantitative estimate of drug-likeness (QED) is 0.294. The topological polar surface area (TPSA) is 67.2 Å². The molecule has 1 aliphatic heterocycles. The Hall–Kier alpha value is -2.42. The van der Waals surface area contributed by atoms with Crippen molar-refractivity contribution >= 4 is 39.2 Å². The molecule has 6 nitrogen and oxygen atoms in total. The van der Waals surface area contributed by atoms with Crippen LogP contribution < -0.4 is 10.9 Å². The number of nitrogens with one attached hydrogen (secondary N) is 1. The molecule has 1 aromatic carbocycles. The van der Waals surface area contributed by atoms with Gasteiger partial charge in [-0.1, -0.05) is 55.1 Å². The molecule has 0 aliphatic carbocycles. The Balaban J connectivity index is 1.55. The lowest BCUT2D eigenvalue weighted by Gasteiger charge is -2.31. The first-order valence-corrected chi connectivity index (χ1v) is 13.2. The molecule has 0 bridgehead atoms. The number of allylic oxidation sites excluding steroid dienone is 1. The van der Waals surface area contributed by atoms with Gasteiger partial charge in [-0.15, -0.1) is 17.9 Å². The van der Waals surface area contributed by atoms with E-state index in [0.29, 0.717) is 21.9 Å². The Morgan fingerprint density at radius 3 is 2.70 bits per heavy atom. The van der Waals surface area contributed by atoms with Crippen LogP contribution in [0.5, 0.6) is 0 Å². The minimum atomic E-state index is -0.0781. The van der Waals surface area contributed by atoms with Gasteiger partial charge in [0.15, 0.2) is 5.16 Å². The van der Waals surface area contributed by atoms with Gasteiger partial charge in [0.1, 0.15) is 4.83 Å². The molecular weight excluding hydrogens is 452 g/mol. The second-order valence-corrected chi connectivity index (χ2v) is 10.2. The van der Waals surface area contributed by atoms with Crippen molar-refractivity contribution in [3.05, 3.63) is 58.9 Å². The van der Waals surface area contributed by atoms with Crippen molar-refractivity contribution in [3.63, 3.8) is 0 Å². The number of benzene rings is 1. The predicted molar refractivity (Wildman–Crippen MR) is 138 cm³/mol. The monoisotopic (exact) mass is 482 g/mol. The molecular formula is C25H30N4O2S2. The number of piperidine rings is 1. The van der Waals surface area contributed by atoms with E-state index >= 15 is 0 Å². The maximum Gasteiger partial charge on any atom is 0.263 e. The third-order valence-electron chi connectivity index (χ3n) is 6.10. The molecule has 0 saturated carbocycles. The summed E-state index contributed by atoms with van der Waals surface area (Å²) in [6, 6.07) is 10.3. The van der Waals surface area contributed by atoms with Crippen LogP contribution in [0.15, 0.2) is 52.9 Å². The van der Waals surface area contributed by atoms with Crippen molar-refractivity contribution in [2.24, 2.45) is 0 Å². The van der Waals surface area contributed by atoms with Crippen LogP contribution in [0.3, 0.4) is 0 Å². The molecule has 33 heavy (non-hydrogen) atoms. The summed E-state index contributed by atoms with van der Waals surface area (Å²) in [6.45, 7) is 11.4. The lowest BCUT2D eigenvalue weighted by atomic mass is 10.1. The number of aromatic nitrogens is 2. The summed E-state index contributed by atoms with van der Waals surface area (Å²) >= 11 is 2.85. The fourth-order valence-corrected chi connectivity index (χ4v) is 6.30. The summed E-state index contributed by atoms with van der Waals surface area (Å²) in [5, 5.41) is 4.36. The van der Waals surface area contributed by atoms with Crippen LogP contribution in [0, 0.1) is 6.92 Å². The fourth-order valence-electron chi connectivity index (χ4n) is 4.26. The number of carbonyl (C=O) groups is 1. The van der Waals surface area contributed by atoms with E-state index in [1.165, 1.54) is 23.1 Å². The zero-order chi connectivity index (χ0) is 23.4. The third kappa shape index (κ3) is 5.23. The average molecular weight is 483 g/mol. The molecule has 1 fully saturated rings. The summed E-state index contributed by atoms with van der Waals surface area (Å²) in [6.07, 6.45) is 3.65. The highest BCUT2D eigenvalue weighted by Crippen LogP contribution is 2.36. The summed E-state index contributed by atoms with van der Waals surface area (Å²) in [7, 11) is 0. The van der Waals surface area contributed by atoms with E-state index < -0.39 is 0 Å². The minimum Gasteiger partial charge on any atom is -0.353 e. The van der Waals surface area contributed by atoms with Crippen LogP contribution in [0.25, 0.3) is 20.7 Å². The molecule has 4 rings (SSSR count). The average Bonchev–Trinajstić information content (AvgIpc) is 3.17. The van der Waals surface area contributed by atoms with E-state index in [2.05, 4.69) is 23.7 Å². The van der Waals surface area contributed by atoms with Crippen LogP contribution in [-0.4, -0.2) is 51.8 Å². The molecule has 0 spiro atoms. The molecule has 3 heterocycles. The highest BCUT2D eigenvalue weighted by molar-refractivity contribution is 7.99. The van der Waals surface area contributed by atoms with Crippen molar-refractivity contribution in [3.8, 4) is 10.4 Å². The first-order chi connectivity index (χ1) is 16.0. The van der Waals surface area contributed by atoms with Crippen LogP contribution >= 0.6 is 23.1 Å². The Morgan fingerprint density at radius 1 is 1.30 bits per heavy atom. The number of hydrogen-bond donors (Lipinski definition) is 1. The molecule has 0 radical (unpaired) electrons. The van der Waals surface area contributed by atoms with Gasteiger partial charge in [0.05, 0.1) is 11.1 Å². The highest BCUT2D eigenvalue weighted by atomic mass is 32.2. The number of thioether (sulfide) groups is 1. The van der Waals surface area contributed by atoms with E-state index in [1.807, 2.05) is 37.3 Å². The standard InChI is InChI=1S/C25H30N4O2S2/c1-4-13-29-24(31)21-17(3)22(18-9-7-6-8-10-18)33-23(21)27-25(29)32-16-20(30)26-19-11-14-28(5-2)15-12-19/h4,6-10,19H,1,5,11-16H2,2-3H3,(H,26,30). The molecule has 0 atom stereocenters. The fraction of sp³-hybridized carbons (Fsp3) is 0.400. The first-order valence-electron chi connectivity index (χ1n) is 11.4. The Bertz CT molecular complexity index is 1190. The Kier molecular flexibility index (Phi) is 7.67. The lowest BCUT2D eigenvalue weighted by Crippen LogP contribution is -2.45. The number of carbonyl (C=O) groups excluding carboxylic acids is 1. The Morgan fingerprint density at radius 2 is 2.03 bits per heavy atom. The maximum atomic E-state index is 13.4. The number of amides is 1. The predicted octanol–water partition coefficient (Wildman–Crippen LogP) is 4.31. The number of fused-ring (bicyclic) bond motifs is 1. The SMILES string of the molecule is C=CCn1c(SCC(=O)NC2CCN(CC)CC2)nc2sc(-c3ccccc3)c(C)c2c1=O. The molecule has 2 aromatic heterocycles. The molecule has 1 saturated heterocycles. The normalized spacial score (nSPS) is 15.1. The molecule has 1 aliphatic rings. The molecule has 3 aromatic rings. The van der Waals surface area contributed by atoms with Gasteiger partial charge in [-0.2, -0.15) is 0 Å². The van der Waals surface area contributed by atoms with E-state index in [0.717, 1.165) is 48.5 Å². The zero-order valence-corrected chi connectivity index (χ0v) is 20.8. The largest absolute Gasteiger partial charge is 0.353 e. The lowest BCUT2D eigenvalue weighted by molar-refractivity contribution is -0.119. The van der Waals surface area contributed by atoms with Gasteiger partial charge in [0.25, 0.3) is 5.56 Å². The van der Waals surface area contributed by atoms with Crippen molar-refractivity contribution in [1.29, 1.82) is 0 Å². The van der Waals surface area contributed by atoms with Gasteiger partial charge in [-0.05, 0) is 37.4 Å². The summed E-state index contributed by atoms with van der Waals surface area (Å²) < 4.78 is 1.63. The number of hydrogen-bond acceptors (Lipinski definition) is 6. The first kappa shape index (κ1) is 23.7. The maximum absolute atomic E-state index is 13.4. The van der Waals surface area contributed by atoms with Gasteiger partial charge < -0.3 is 10.2 Å². The van der Waals surface area contributed by atoms with Crippen molar-refractivity contribution in [1.82, 2.24) is 19.8 Å². The number of aryl methyl sites for hydroxylation is 1. The van der Waals surface area contributed by atoms with Crippen molar-refractivity contribution < 1.29 is 4.79 Å². The summed E-state index contributed by atoms with van der Waals surface area (Å²) in [5.41, 5.74) is 1.95. The van der Waals surface area contributed by atoms with Crippen LogP contribution in [-0.2, 0) is 11.3 Å². The molecule has 1 amide bonds. The van der Waals surface area contributed by atoms with E-state index in [1.54, 1.807) is 10.6 Å². The third-order valence-corrected chi connectivity index (χ3v) is 8.31. The number of nitrogens with zero attached hydrogens (tertiary/aromatic N) is 3. The number of rotatable bonds is 8. The minimum absolute atomic E-state index is 0.0122. The van der Waals surface area contributed by atoms with Crippen molar-refractivity contribution in [2.45, 2.75) is 44.4 Å². The molecule has 0 unspecified atom stereocenters. The second-order valence-electron chi connectivity index (χ2n) is 8.27. The molecule has 8 heteroatoms. The molecule has 1 N–H and O–H groups in total. The summed E-state index contributed by atoms with van der Waals surface area (Å²) in [4.78, 5) is 35.0. The van der Waals surface area contributed by atoms with Gasteiger partial charge >= 0.3 is 0 Å². The number of likely N-dealkylation sites (tertiary alicyclic amines) is 1. The van der Waals surface area contributed by atoms with E-state index in [9.17, 15) is 9.59 Å².